The molecule has 0 amide bonds. The molecule has 3 heteroatoms. The normalized spacial score (nSPS) is 11.2. The van der Waals surface area contributed by atoms with Crippen molar-refractivity contribution in [1.29, 1.82) is 0 Å². The smallest absolute Gasteiger partial charge is 0.163 e. The van der Waals surface area contributed by atoms with E-state index in [1.807, 2.05) is 6.07 Å². The number of hydrogen-bond donors (Lipinski definition) is 1. The van der Waals surface area contributed by atoms with E-state index in [4.69, 9.17) is 0 Å². The Hall–Kier alpha value is -1.51. The minimum atomic E-state index is -0.105. The lowest BCUT2D eigenvalue weighted by Crippen LogP contribution is -2.37. The number of hydrogen-bond acceptors (Lipinski definition) is 3. The predicted octanol–water partition coefficient (Wildman–Crippen LogP) is 4.25. The molecule has 20 heavy (non-hydrogen) atoms. The number of carbonyl (C=O) groups is 1. The number of Topliss-reactive ketones (excluding diaryl/α,β-unsaturated/α-hetero) is 1. The van der Waals surface area contributed by atoms with Gasteiger partial charge in [-0.1, -0.05) is 27.7 Å². The molecule has 1 rings (SSSR count). The summed E-state index contributed by atoms with van der Waals surface area (Å²) in [5.74, 6) is 0.520. The number of phenols is 1. The van der Waals surface area contributed by atoms with Crippen molar-refractivity contribution in [1.82, 2.24) is 0 Å². The standard InChI is InChI=1S/C17H27NO2/c1-6-14(7-2)18(11-12(3)4)15-8-9-16(13(5)19)17(20)10-15/h8-10,12,14,20H,6-7,11H2,1-5H3. The lowest BCUT2D eigenvalue weighted by atomic mass is 10.0. The highest BCUT2D eigenvalue weighted by molar-refractivity contribution is 5.97. The predicted molar refractivity (Wildman–Crippen MR) is 84.7 cm³/mol. The zero-order valence-electron chi connectivity index (χ0n) is 13.3. The van der Waals surface area contributed by atoms with E-state index in [9.17, 15) is 9.90 Å². The van der Waals surface area contributed by atoms with Gasteiger partial charge in [-0.2, -0.15) is 0 Å². The van der Waals surface area contributed by atoms with Crippen LogP contribution in [0.2, 0.25) is 0 Å². The van der Waals surface area contributed by atoms with Gasteiger partial charge in [0.1, 0.15) is 5.75 Å². The van der Waals surface area contributed by atoms with Crippen LogP contribution in [0.3, 0.4) is 0 Å². The Labute approximate surface area is 122 Å². The van der Waals surface area contributed by atoms with E-state index >= 15 is 0 Å². The van der Waals surface area contributed by atoms with Gasteiger partial charge in [-0.15, -0.1) is 0 Å². The molecule has 0 heterocycles. The van der Waals surface area contributed by atoms with Gasteiger partial charge in [0.15, 0.2) is 5.78 Å². The molecule has 1 aromatic carbocycles. The van der Waals surface area contributed by atoms with Crippen LogP contribution in [0.15, 0.2) is 18.2 Å². The SMILES string of the molecule is CCC(CC)N(CC(C)C)c1ccc(C(C)=O)c(O)c1. The summed E-state index contributed by atoms with van der Waals surface area (Å²) < 4.78 is 0. The van der Waals surface area contributed by atoms with Crippen molar-refractivity contribution in [3.05, 3.63) is 23.8 Å². The Morgan fingerprint density at radius 1 is 1.25 bits per heavy atom. The average molecular weight is 277 g/mol. The number of anilines is 1. The summed E-state index contributed by atoms with van der Waals surface area (Å²) in [5.41, 5.74) is 1.39. The monoisotopic (exact) mass is 277 g/mol. The van der Waals surface area contributed by atoms with E-state index in [1.165, 1.54) is 6.92 Å². The third-order valence-corrected chi connectivity index (χ3v) is 3.64. The summed E-state index contributed by atoms with van der Waals surface area (Å²) >= 11 is 0. The number of rotatable bonds is 7. The number of carbonyl (C=O) groups excluding carboxylic acids is 1. The minimum Gasteiger partial charge on any atom is -0.507 e. The third-order valence-electron chi connectivity index (χ3n) is 3.64. The van der Waals surface area contributed by atoms with Crippen molar-refractivity contribution in [3.8, 4) is 5.75 Å². The van der Waals surface area contributed by atoms with Gasteiger partial charge in [0.2, 0.25) is 0 Å². The summed E-state index contributed by atoms with van der Waals surface area (Å²) in [4.78, 5) is 13.7. The van der Waals surface area contributed by atoms with E-state index < -0.39 is 0 Å². The quantitative estimate of drug-likeness (QED) is 0.758. The Kier molecular flexibility index (Phi) is 6.05. The van der Waals surface area contributed by atoms with Crippen LogP contribution in [0.5, 0.6) is 5.75 Å². The lowest BCUT2D eigenvalue weighted by molar-refractivity contribution is 0.101. The van der Waals surface area contributed by atoms with Gasteiger partial charge < -0.3 is 10.0 Å². The number of nitrogens with zero attached hydrogens (tertiary/aromatic N) is 1. The molecule has 0 aliphatic rings. The summed E-state index contributed by atoms with van der Waals surface area (Å²) in [6.45, 7) is 11.2. The molecule has 0 saturated heterocycles. The van der Waals surface area contributed by atoms with Crippen molar-refractivity contribution in [2.75, 3.05) is 11.4 Å². The van der Waals surface area contributed by atoms with Gasteiger partial charge in [0, 0.05) is 24.3 Å². The van der Waals surface area contributed by atoms with Crippen LogP contribution in [0.1, 0.15) is 57.8 Å². The highest BCUT2D eigenvalue weighted by Crippen LogP contribution is 2.28. The van der Waals surface area contributed by atoms with Gasteiger partial charge in [0.05, 0.1) is 5.56 Å². The zero-order valence-corrected chi connectivity index (χ0v) is 13.3. The van der Waals surface area contributed by atoms with Crippen LogP contribution < -0.4 is 4.90 Å². The first-order valence-corrected chi connectivity index (χ1v) is 7.51. The van der Waals surface area contributed by atoms with E-state index in [2.05, 4.69) is 32.6 Å². The topological polar surface area (TPSA) is 40.5 Å². The summed E-state index contributed by atoms with van der Waals surface area (Å²) in [6.07, 6.45) is 2.14. The maximum absolute atomic E-state index is 11.4. The number of benzene rings is 1. The minimum absolute atomic E-state index is 0.0784. The van der Waals surface area contributed by atoms with E-state index in [-0.39, 0.29) is 11.5 Å². The van der Waals surface area contributed by atoms with Crippen molar-refractivity contribution in [2.45, 2.75) is 53.5 Å². The highest BCUT2D eigenvalue weighted by Gasteiger charge is 2.18. The van der Waals surface area contributed by atoms with Gasteiger partial charge in [-0.05, 0) is 37.8 Å². The molecule has 0 aliphatic carbocycles. The molecule has 0 aromatic heterocycles. The van der Waals surface area contributed by atoms with Gasteiger partial charge >= 0.3 is 0 Å². The summed E-state index contributed by atoms with van der Waals surface area (Å²) in [5, 5.41) is 10.0. The third kappa shape index (κ3) is 3.99. The van der Waals surface area contributed by atoms with Crippen molar-refractivity contribution in [2.24, 2.45) is 5.92 Å². The number of aromatic hydroxyl groups is 1. The average Bonchev–Trinajstić information content (AvgIpc) is 2.37. The molecule has 1 aromatic rings. The molecule has 0 radical (unpaired) electrons. The first-order chi connectivity index (χ1) is 9.40. The first kappa shape index (κ1) is 16.5. The molecule has 112 valence electrons. The summed E-state index contributed by atoms with van der Waals surface area (Å²) in [7, 11) is 0. The van der Waals surface area contributed by atoms with Gasteiger partial charge in [-0.3, -0.25) is 4.79 Å². The molecule has 0 atom stereocenters. The number of ketones is 1. The van der Waals surface area contributed by atoms with Crippen LogP contribution in [0.25, 0.3) is 0 Å². The zero-order chi connectivity index (χ0) is 15.3. The Morgan fingerprint density at radius 3 is 2.25 bits per heavy atom. The fourth-order valence-electron chi connectivity index (χ4n) is 2.58. The second kappa shape index (κ2) is 7.32. The second-order valence-electron chi connectivity index (χ2n) is 5.77. The molecule has 0 aliphatic heterocycles. The van der Waals surface area contributed by atoms with Gasteiger partial charge in [0.25, 0.3) is 0 Å². The molecular weight excluding hydrogens is 250 g/mol. The van der Waals surface area contributed by atoms with Crippen LogP contribution in [-0.4, -0.2) is 23.5 Å². The maximum Gasteiger partial charge on any atom is 0.163 e. The van der Waals surface area contributed by atoms with E-state index in [0.29, 0.717) is 17.5 Å². The molecule has 3 nitrogen and oxygen atoms in total. The van der Waals surface area contributed by atoms with Gasteiger partial charge in [-0.25, -0.2) is 0 Å². The Bertz CT molecular complexity index is 450. The fourth-order valence-corrected chi connectivity index (χ4v) is 2.58. The molecule has 0 saturated carbocycles. The van der Waals surface area contributed by atoms with E-state index in [0.717, 1.165) is 25.1 Å². The van der Waals surface area contributed by atoms with Crippen molar-refractivity contribution in [3.63, 3.8) is 0 Å². The van der Waals surface area contributed by atoms with Crippen LogP contribution in [-0.2, 0) is 0 Å². The molecule has 1 N–H and O–H groups in total. The van der Waals surface area contributed by atoms with Crippen LogP contribution in [0, 0.1) is 5.92 Å². The molecule has 0 bridgehead atoms. The van der Waals surface area contributed by atoms with Crippen LogP contribution >= 0.6 is 0 Å². The molecular formula is C17H27NO2. The fraction of sp³-hybridized carbons (Fsp3) is 0.588. The molecule has 0 fully saturated rings. The first-order valence-electron chi connectivity index (χ1n) is 7.51. The van der Waals surface area contributed by atoms with Crippen LogP contribution in [0.4, 0.5) is 5.69 Å². The summed E-state index contributed by atoms with van der Waals surface area (Å²) in [6, 6.07) is 5.84. The maximum atomic E-state index is 11.4. The number of phenolic OH excluding ortho intramolecular Hbond substituents is 1. The Balaban J connectivity index is 3.13. The van der Waals surface area contributed by atoms with Crippen molar-refractivity contribution >= 4 is 11.5 Å². The molecule has 0 unspecified atom stereocenters. The molecule has 0 spiro atoms. The lowest BCUT2D eigenvalue weighted by Gasteiger charge is -2.34. The van der Waals surface area contributed by atoms with E-state index in [1.54, 1.807) is 12.1 Å². The largest absolute Gasteiger partial charge is 0.507 e. The second-order valence-corrected chi connectivity index (χ2v) is 5.77. The Morgan fingerprint density at radius 2 is 1.85 bits per heavy atom. The highest BCUT2D eigenvalue weighted by atomic mass is 16.3. The van der Waals surface area contributed by atoms with Crippen molar-refractivity contribution < 1.29 is 9.90 Å².